The molecule has 0 radical (unpaired) electrons. The average Bonchev–Trinajstić information content (AvgIpc) is 3.64. The van der Waals surface area contributed by atoms with Crippen molar-refractivity contribution in [2.24, 2.45) is 0 Å². The lowest BCUT2D eigenvalue weighted by atomic mass is 10.0. The second-order valence-electron chi connectivity index (χ2n) is 25.2. The summed E-state index contributed by atoms with van der Waals surface area (Å²) in [5.41, 5.74) is 0. The summed E-state index contributed by atoms with van der Waals surface area (Å²) in [6, 6.07) is 0. The maximum atomic E-state index is 12.9. The number of esters is 2. The van der Waals surface area contributed by atoms with Crippen molar-refractivity contribution in [3.8, 4) is 0 Å². The van der Waals surface area contributed by atoms with E-state index >= 15 is 0 Å². The fourth-order valence-electron chi connectivity index (χ4n) is 9.86. The normalized spacial score (nSPS) is 13.5. The van der Waals surface area contributed by atoms with Gasteiger partial charge in [-0.3, -0.25) is 9.59 Å². The van der Waals surface area contributed by atoms with Gasteiger partial charge >= 0.3 is 17.9 Å². The first-order valence-corrected chi connectivity index (χ1v) is 36.3. The Morgan fingerprint density at radius 1 is 0.348 bits per heavy atom. The number of unbranched alkanes of at least 4 members (excludes halogenated alkanes) is 29. The number of likely N-dealkylation sites (N-methyl/N-ethyl adjacent to an activating group) is 1. The molecule has 2 unspecified atom stereocenters. The molecule has 0 fully saturated rings. The second kappa shape index (κ2) is 69.3. The fourth-order valence-corrected chi connectivity index (χ4v) is 9.86. The van der Waals surface area contributed by atoms with Crippen LogP contribution in [0.2, 0.25) is 0 Å². The van der Waals surface area contributed by atoms with E-state index in [4.69, 9.17) is 18.9 Å². The van der Waals surface area contributed by atoms with Gasteiger partial charge in [0, 0.05) is 12.8 Å². The number of hydrogen-bond donors (Lipinski definition) is 1. The monoisotopic (exact) mass is 1240 g/mol. The van der Waals surface area contributed by atoms with E-state index in [0.717, 1.165) is 116 Å². The number of carbonyl (C=O) groups excluding carboxylic acids is 2. The SMILES string of the molecule is CC/C=C\C/C=C\C/C=C\C/C=C\C/C=C\C/C=C\C/C=C\C/C=C\C/C=C\CCCCCCCC(=O)OC(COC(=O)CCCCCCCCCCCCCCCCCCCCC/C=C\C/C=C\CCCCCCC)COC(OCC[N+](C)(C)C)C(=O)O. The van der Waals surface area contributed by atoms with E-state index in [2.05, 4.69) is 148 Å². The molecule has 9 heteroatoms. The first kappa shape index (κ1) is 84.4. The van der Waals surface area contributed by atoms with Crippen molar-refractivity contribution < 1.29 is 42.9 Å². The third-order valence-corrected chi connectivity index (χ3v) is 15.4. The maximum absolute atomic E-state index is 12.9. The lowest BCUT2D eigenvalue weighted by Gasteiger charge is -2.25. The van der Waals surface area contributed by atoms with E-state index in [9.17, 15) is 19.5 Å². The largest absolute Gasteiger partial charge is 0.477 e. The summed E-state index contributed by atoms with van der Waals surface area (Å²) in [6.45, 7) is 4.74. The molecule has 0 rings (SSSR count). The van der Waals surface area contributed by atoms with E-state index in [1.165, 1.54) is 148 Å². The average molecular weight is 1240 g/mol. The van der Waals surface area contributed by atoms with Crippen LogP contribution in [0, 0.1) is 0 Å². The quantitative estimate of drug-likeness (QED) is 0.0211. The van der Waals surface area contributed by atoms with E-state index in [1.54, 1.807) is 0 Å². The number of carboxylic acid groups (broad SMARTS) is 1. The third kappa shape index (κ3) is 70.7. The van der Waals surface area contributed by atoms with Crippen LogP contribution in [0.3, 0.4) is 0 Å². The van der Waals surface area contributed by atoms with Gasteiger partial charge in [-0.05, 0) is 116 Å². The van der Waals surface area contributed by atoms with Gasteiger partial charge in [0.05, 0.1) is 34.4 Å². The molecule has 0 aromatic heterocycles. The van der Waals surface area contributed by atoms with Crippen LogP contribution in [0.1, 0.15) is 296 Å². The molecule has 0 aromatic carbocycles. The molecule has 0 aliphatic heterocycles. The Kier molecular flexibility index (Phi) is 65.8. The van der Waals surface area contributed by atoms with Crippen molar-refractivity contribution in [1.82, 2.24) is 0 Å². The molecule has 508 valence electrons. The van der Waals surface area contributed by atoms with E-state index in [1.807, 2.05) is 21.1 Å². The summed E-state index contributed by atoms with van der Waals surface area (Å²) >= 11 is 0. The number of rotatable bonds is 66. The van der Waals surface area contributed by atoms with Crippen LogP contribution in [-0.2, 0) is 33.3 Å². The second-order valence-corrected chi connectivity index (χ2v) is 25.2. The predicted octanol–water partition coefficient (Wildman–Crippen LogP) is 22.9. The Morgan fingerprint density at radius 3 is 0.955 bits per heavy atom. The van der Waals surface area contributed by atoms with Gasteiger partial charge in [-0.1, -0.05) is 302 Å². The van der Waals surface area contributed by atoms with Gasteiger partial charge in [0.2, 0.25) is 0 Å². The molecular formula is C80H136NO8+. The molecule has 0 bridgehead atoms. The highest BCUT2D eigenvalue weighted by Crippen LogP contribution is 2.17. The minimum absolute atomic E-state index is 0.178. The van der Waals surface area contributed by atoms with Gasteiger partial charge in [-0.25, -0.2) is 4.79 Å². The molecule has 0 amide bonds. The molecule has 0 heterocycles. The molecule has 0 saturated carbocycles. The van der Waals surface area contributed by atoms with Crippen LogP contribution in [0.25, 0.3) is 0 Å². The third-order valence-electron chi connectivity index (χ3n) is 15.4. The van der Waals surface area contributed by atoms with Crippen molar-refractivity contribution in [2.75, 3.05) is 47.5 Å². The Labute approximate surface area is 548 Å². The Morgan fingerprint density at radius 2 is 0.640 bits per heavy atom. The lowest BCUT2D eigenvalue weighted by Crippen LogP contribution is -2.40. The summed E-state index contributed by atoms with van der Waals surface area (Å²) in [6.07, 6.45) is 97.1. The molecule has 0 saturated heterocycles. The van der Waals surface area contributed by atoms with Crippen molar-refractivity contribution in [3.05, 3.63) is 134 Å². The van der Waals surface area contributed by atoms with Gasteiger partial charge < -0.3 is 28.5 Å². The topological polar surface area (TPSA) is 108 Å². The van der Waals surface area contributed by atoms with Crippen molar-refractivity contribution in [3.63, 3.8) is 0 Å². The Bertz CT molecular complexity index is 1930. The molecule has 0 spiro atoms. The predicted molar refractivity (Wildman–Crippen MR) is 382 cm³/mol. The zero-order chi connectivity index (χ0) is 64.7. The van der Waals surface area contributed by atoms with Crippen LogP contribution in [0.15, 0.2) is 134 Å². The van der Waals surface area contributed by atoms with E-state index < -0.39 is 24.3 Å². The number of aliphatic carboxylic acids is 1. The maximum Gasteiger partial charge on any atom is 0.361 e. The van der Waals surface area contributed by atoms with Crippen molar-refractivity contribution in [1.29, 1.82) is 0 Å². The summed E-state index contributed by atoms with van der Waals surface area (Å²) in [5.74, 6) is -2.03. The molecule has 0 aliphatic rings. The van der Waals surface area contributed by atoms with Crippen LogP contribution in [-0.4, -0.2) is 87.4 Å². The van der Waals surface area contributed by atoms with Gasteiger partial charge in [0.15, 0.2) is 6.10 Å². The summed E-state index contributed by atoms with van der Waals surface area (Å²) in [4.78, 5) is 37.7. The molecule has 9 nitrogen and oxygen atoms in total. The number of hydrogen-bond acceptors (Lipinski definition) is 7. The minimum Gasteiger partial charge on any atom is -0.477 e. The highest BCUT2D eigenvalue weighted by atomic mass is 16.7. The van der Waals surface area contributed by atoms with Crippen molar-refractivity contribution >= 4 is 17.9 Å². The van der Waals surface area contributed by atoms with Gasteiger partial charge in [-0.2, -0.15) is 0 Å². The van der Waals surface area contributed by atoms with Gasteiger partial charge in [0.25, 0.3) is 6.29 Å². The molecule has 0 aromatic rings. The first-order chi connectivity index (χ1) is 43.6. The molecule has 1 N–H and O–H groups in total. The zero-order valence-corrected chi connectivity index (χ0v) is 58.0. The molecule has 0 aliphatic carbocycles. The van der Waals surface area contributed by atoms with Gasteiger partial charge in [-0.15, -0.1) is 0 Å². The highest BCUT2D eigenvalue weighted by molar-refractivity contribution is 5.71. The number of carbonyl (C=O) groups is 3. The highest BCUT2D eigenvalue weighted by Gasteiger charge is 2.25. The zero-order valence-electron chi connectivity index (χ0n) is 58.0. The summed E-state index contributed by atoms with van der Waals surface area (Å²) < 4.78 is 23.0. The smallest absolute Gasteiger partial charge is 0.361 e. The number of nitrogens with zero attached hydrogens (tertiary/aromatic N) is 1. The standard InChI is InChI=1S/C80H135NO8/c1-6-8-10-12-14-16-18-20-22-24-26-28-30-32-34-36-38-39-41-43-45-47-49-51-53-55-57-59-61-63-65-67-69-71-78(83)89-76(75-88-80(79(84)85)86-73-72-81(3,4)5)74-87-77(82)70-68-66-64-62-60-58-56-54-52-50-48-46-44-42-40-37-35-33-31-29-27-25-23-21-19-17-15-13-11-9-7-2/h8,10,14,16,19-22,25-28,32,34,38-39,43,45,49,51,55,57,76,80H,6-7,9,11-13,15,17-18,23-24,29-31,33,35-37,40-42,44,46-48,50,52-54,56,58-75H2,1-5H3/p+1/b10-8-,16-14-,21-19-,22-20-,27-25-,28-26-,34-32-,39-38-,45-43-,51-49-,57-55-. The number of ether oxygens (including phenoxy) is 4. The van der Waals surface area contributed by atoms with E-state index in [0.29, 0.717) is 23.9 Å². The van der Waals surface area contributed by atoms with Crippen LogP contribution < -0.4 is 0 Å². The Hall–Kier alpha value is -4.57. The van der Waals surface area contributed by atoms with Gasteiger partial charge in [0.1, 0.15) is 13.2 Å². The fraction of sp³-hybridized carbons (Fsp3) is 0.688. The van der Waals surface area contributed by atoms with E-state index in [-0.39, 0.29) is 32.2 Å². The van der Waals surface area contributed by atoms with Crippen LogP contribution in [0.5, 0.6) is 0 Å². The molecule has 2 atom stereocenters. The van der Waals surface area contributed by atoms with Crippen molar-refractivity contribution in [2.45, 2.75) is 309 Å². The number of carboxylic acids is 1. The first-order valence-electron chi connectivity index (χ1n) is 36.3. The molecular weight excluding hydrogens is 1100 g/mol. The minimum atomic E-state index is -1.52. The summed E-state index contributed by atoms with van der Waals surface area (Å²) in [5, 5.41) is 9.75. The van der Waals surface area contributed by atoms with Crippen LogP contribution in [0.4, 0.5) is 0 Å². The lowest BCUT2D eigenvalue weighted by molar-refractivity contribution is -0.870. The molecule has 89 heavy (non-hydrogen) atoms. The summed E-state index contributed by atoms with van der Waals surface area (Å²) in [7, 11) is 5.97. The number of quaternary nitrogens is 1. The number of allylic oxidation sites excluding steroid dienone is 22. The Balaban J connectivity index is 4.18. The van der Waals surface area contributed by atoms with Crippen LogP contribution >= 0.6 is 0 Å².